The van der Waals surface area contributed by atoms with E-state index < -0.39 is 0 Å². The van der Waals surface area contributed by atoms with Crippen LogP contribution in [0.2, 0.25) is 0 Å². The second-order valence-electron chi connectivity index (χ2n) is 6.51. The number of likely N-dealkylation sites (tertiary alicyclic amines) is 1. The predicted octanol–water partition coefficient (Wildman–Crippen LogP) is 2.91. The normalized spacial score (nSPS) is 17.5. The van der Waals surface area contributed by atoms with Gasteiger partial charge in [-0.25, -0.2) is 0 Å². The largest absolute Gasteiger partial charge is 0.342 e. The van der Waals surface area contributed by atoms with Gasteiger partial charge in [-0.15, -0.1) is 0 Å². The van der Waals surface area contributed by atoms with Gasteiger partial charge in [-0.2, -0.15) is 0 Å². The molecular weight excluding hydrogens is 236 g/mol. The molecule has 0 unspecified atom stereocenters. The topological polar surface area (TPSA) is 33.2 Å². The van der Waals surface area contributed by atoms with Gasteiger partial charge >= 0.3 is 0 Å². The lowest BCUT2D eigenvalue weighted by molar-refractivity contribution is -0.137. The summed E-state index contributed by atoms with van der Waals surface area (Å²) in [6.45, 7) is 8.34. The smallest absolute Gasteiger partial charge is 0.226 e. The lowest BCUT2D eigenvalue weighted by Crippen LogP contribution is -2.41. The van der Waals surface area contributed by atoms with E-state index in [0.29, 0.717) is 5.91 Å². The molecule has 1 saturated heterocycles. The molecule has 1 aliphatic rings. The summed E-state index contributed by atoms with van der Waals surface area (Å²) in [5.74, 6) is 0.370. The molecule has 3 heteroatoms. The summed E-state index contributed by atoms with van der Waals surface area (Å²) in [7, 11) is 0. The van der Waals surface area contributed by atoms with E-state index in [4.69, 9.17) is 0 Å². The van der Waals surface area contributed by atoms with Gasteiger partial charge in [0, 0.05) is 31.4 Å². The minimum atomic E-state index is -0.0110. The Morgan fingerprint density at radius 3 is 2.37 bits per heavy atom. The molecule has 0 radical (unpaired) electrons. The second kappa shape index (κ2) is 5.72. The van der Waals surface area contributed by atoms with Gasteiger partial charge in [0.05, 0.1) is 0 Å². The Labute approximate surface area is 116 Å². The summed E-state index contributed by atoms with van der Waals surface area (Å²) in [5.41, 5.74) is 1.19. The van der Waals surface area contributed by atoms with Gasteiger partial charge in [-0.3, -0.25) is 9.78 Å². The van der Waals surface area contributed by atoms with Crippen molar-refractivity contribution in [3.63, 3.8) is 0 Å². The summed E-state index contributed by atoms with van der Waals surface area (Å²) >= 11 is 0. The molecule has 0 bridgehead atoms. The van der Waals surface area contributed by atoms with Crippen molar-refractivity contribution in [1.82, 2.24) is 9.88 Å². The van der Waals surface area contributed by atoms with Crippen LogP contribution >= 0.6 is 0 Å². The average Bonchev–Trinajstić information content (AvgIpc) is 2.89. The van der Waals surface area contributed by atoms with E-state index in [1.54, 1.807) is 12.4 Å². The predicted molar refractivity (Wildman–Crippen MR) is 76.7 cm³/mol. The minimum Gasteiger partial charge on any atom is -0.342 e. The van der Waals surface area contributed by atoms with Crippen molar-refractivity contribution in [3.8, 4) is 0 Å². The molecular formula is C16H24N2O. The first kappa shape index (κ1) is 14.0. The molecule has 1 aromatic rings. The highest BCUT2D eigenvalue weighted by Gasteiger charge is 2.35. The quantitative estimate of drug-likeness (QED) is 0.837. The zero-order valence-corrected chi connectivity index (χ0v) is 12.2. The van der Waals surface area contributed by atoms with Crippen LogP contribution in [-0.4, -0.2) is 28.9 Å². The minimum absolute atomic E-state index is 0.0110. The van der Waals surface area contributed by atoms with E-state index in [2.05, 4.69) is 25.8 Å². The summed E-state index contributed by atoms with van der Waals surface area (Å²) in [6, 6.07) is 4.02. The van der Waals surface area contributed by atoms with Gasteiger partial charge in [-0.05, 0) is 42.4 Å². The van der Waals surface area contributed by atoms with Crippen molar-refractivity contribution in [2.45, 2.75) is 40.0 Å². The zero-order valence-electron chi connectivity index (χ0n) is 12.2. The highest BCUT2D eigenvalue weighted by Crippen LogP contribution is 2.31. The monoisotopic (exact) mass is 260 g/mol. The average molecular weight is 260 g/mol. The second-order valence-corrected chi connectivity index (χ2v) is 6.51. The number of carbonyl (C=O) groups is 1. The molecule has 1 amide bonds. The van der Waals surface area contributed by atoms with Crippen molar-refractivity contribution in [3.05, 3.63) is 30.1 Å². The van der Waals surface area contributed by atoms with Gasteiger partial charge in [-0.1, -0.05) is 20.8 Å². The Morgan fingerprint density at radius 1 is 1.26 bits per heavy atom. The number of nitrogens with zero attached hydrogens (tertiary/aromatic N) is 2. The molecule has 1 fully saturated rings. The Morgan fingerprint density at radius 2 is 1.84 bits per heavy atom. The van der Waals surface area contributed by atoms with Crippen LogP contribution in [0.15, 0.2) is 24.5 Å². The molecule has 1 atom stereocenters. The van der Waals surface area contributed by atoms with Gasteiger partial charge in [0.1, 0.15) is 0 Å². The molecule has 0 N–H and O–H groups in total. The zero-order chi connectivity index (χ0) is 13.9. The number of carbonyl (C=O) groups excluding carboxylic acids is 1. The van der Waals surface area contributed by atoms with E-state index in [0.717, 1.165) is 32.4 Å². The third-order valence-corrected chi connectivity index (χ3v) is 3.95. The van der Waals surface area contributed by atoms with E-state index in [1.165, 1.54) is 5.56 Å². The molecule has 1 aromatic heterocycles. The highest BCUT2D eigenvalue weighted by atomic mass is 16.2. The van der Waals surface area contributed by atoms with Crippen LogP contribution in [0.25, 0.3) is 0 Å². The maximum atomic E-state index is 12.7. The van der Waals surface area contributed by atoms with Crippen LogP contribution in [0.3, 0.4) is 0 Å². The van der Waals surface area contributed by atoms with Crippen molar-refractivity contribution in [2.75, 3.05) is 13.1 Å². The highest BCUT2D eigenvalue weighted by molar-refractivity contribution is 5.80. The van der Waals surface area contributed by atoms with Crippen LogP contribution < -0.4 is 0 Å². The summed E-state index contributed by atoms with van der Waals surface area (Å²) in [4.78, 5) is 18.8. The first-order chi connectivity index (χ1) is 8.98. The first-order valence-electron chi connectivity index (χ1n) is 7.16. The standard InChI is InChI=1S/C16H24N2O/c1-16(2,3)14(12-13-6-8-17-9-7-13)15(19)18-10-4-5-11-18/h6-9,14H,4-5,10-12H2,1-3H3/t14-/m0/s1. The van der Waals surface area contributed by atoms with Crippen LogP contribution in [0.5, 0.6) is 0 Å². The SMILES string of the molecule is CC(C)(C)[C@@H](Cc1ccncc1)C(=O)N1CCCC1. The van der Waals surface area contributed by atoms with Gasteiger partial charge in [0.2, 0.25) is 5.91 Å². The fraction of sp³-hybridized carbons (Fsp3) is 0.625. The first-order valence-corrected chi connectivity index (χ1v) is 7.16. The molecule has 0 saturated carbocycles. The molecule has 2 heterocycles. The molecule has 0 aliphatic carbocycles. The third-order valence-electron chi connectivity index (χ3n) is 3.95. The lowest BCUT2D eigenvalue weighted by atomic mass is 9.76. The number of rotatable bonds is 3. The third kappa shape index (κ3) is 3.55. The lowest BCUT2D eigenvalue weighted by Gasteiger charge is -2.33. The van der Waals surface area contributed by atoms with Crippen LogP contribution in [-0.2, 0) is 11.2 Å². The van der Waals surface area contributed by atoms with Crippen LogP contribution in [0.1, 0.15) is 39.2 Å². The maximum Gasteiger partial charge on any atom is 0.226 e. The van der Waals surface area contributed by atoms with E-state index in [9.17, 15) is 4.79 Å². The van der Waals surface area contributed by atoms with E-state index in [-0.39, 0.29) is 11.3 Å². The van der Waals surface area contributed by atoms with Crippen molar-refractivity contribution in [1.29, 1.82) is 0 Å². The number of hydrogen-bond acceptors (Lipinski definition) is 2. The molecule has 2 rings (SSSR count). The molecule has 0 spiro atoms. The molecule has 1 aliphatic heterocycles. The Bertz CT molecular complexity index is 416. The Hall–Kier alpha value is -1.38. The molecule has 3 nitrogen and oxygen atoms in total. The van der Waals surface area contributed by atoms with Crippen molar-refractivity contribution >= 4 is 5.91 Å². The van der Waals surface area contributed by atoms with Gasteiger partial charge in [0.25, 0.3) is 0 Å². The summed E-state index contributed by atoms with van der Waals surface area (Å²) < 4.78 is 0. The van der Waals surface area contributed by atoms with Crippen molar-refractivity contribution in [2.24, 2.45) is 11.3 Å². The summed E-state index contributed by atoms with van der Waals surface area (Å²) in [6.07, 6.45) is 6.71. The van der Waals surface area contributed by atoms with Crippen LogP contribution in [0, 0.1) is 11.3 Å². The fourth-order valence-corrected chi connectivity index (χ4v) is 2.68. The van der Waals surface area contributed by atoms with Crippen molar-refractivity contribution < 1.29 is 4.79 Å². The van der Waals surface area contributed by atoms with Gasteiger partial charge < -0.3 is 4.90 Å². The number of amides is 1. The number of hydrogen-bond donors (Lipinski definition) is 0. The summed E-state index contributed by atoms with van der Waals surface area (Å²) in [5, 5.41) is 0. The fourth-order valence-electron chi connectivity index (χ4n) is 2.68. The molecule has 0 aromatic carbocycles. The van der Waals surface area contributed by atoms with E-state index >= 15 is 0 Å². The Kier molecular flexibility index (Phi) is 4.23. The number of aromatic nitrogens is 1. The van der Waals surface area contributed by atoms with Crippen LogP contribution in [0.4, 0.5) is 0 Å². The maximum absolute atomic E-state index is 12.7. The van der Waals surface area contributed by atoms with E-state index in [1.807, 2.05) is 17.0 Å². The molecule has 19 heavy (non-hydrogen) atoms. The van der Waals surface area contributed by atoms with Gasteiger partial charge in [0.15, 0.2) is 0 Å². The molecule has 104 valence electrons. The Balaban J connectivity index is 2.14. The number of pyridine rings is 1.